The number of carbonyl (C=O) groups excluding carboxylic acids is 1. The Balaban J connectivity index is 2.14. The van der Waals surface area contributed by atoms with Crippen molar-refractivity contribution in [3.8, 4) is 0 Å². The van der Waals surface area contributed by atoms with E-state index in [-0.39, 0.29) is 11.3 Å². The van der Waals surface area contributed by atoms with Crippen LogP contribution in [0, 0.1) is 0 Å². The zero-order valence-electron chi connectivity index (χ0n) is 10.4. The number of benzene rings is 1. The van der Waals surface area contributed by atoms with E-state index in [9.17, 15) is 18.0 Å². The Kier molecular flexibility index (Phi) is 4.17. The summed E-state index contributed by atoms with van der Waals surface area (Å²) >= 11 is 3.20. The third-order valence-electron chi connectivity index (χ3n) is 2.57. The third-order valence-corrected chi connectivity index (χ3v) is 3.29. The van der Waals surface area contributed by atoms with Gasteiger partial charge in [0.25, 0.3) is 5.91 Å². The highest BCUT2D eigenvalue weighted by molar-refractivity contribution is 9.10. The van der Waals surface area contributed by atoms with Crippen LogP contribution in [-0.2, 0) is 6.18 Å². The van der Waals surface area contributed by atoms with Gasteiger partial charge in [-0.25, -0.2) is 4.98 Å². The molecule has 0 radical (unpaired) electrons. The Bertz CT molecular complexity index is 671. The molecule has 1 aromatic heterocycles. The Morgan fingerprint density at radius 2 is 1.95 bits per heavy atom. The standard InChI is InChI=1S/C13H9BrF3N3O/c14-9-3-1-7(5-10(9)18)12(21)20-8-2-4-11(19-6-8)13(15,16)17/h1-6H,18H2,(H,20,21). The minimum absolute atomic E-state index is 0.162. The molecule has 21 heavy (non-hydrogen) atoms. The van der Waals surface area contributed by atoms with Crippen molar-refractivity contribution in [2.24, 2.45) is 0 Å². The smallest absolute Gasteiger partial charge is 0.398 e. The van der Waals surface area contributed by atoms with Gasteiger partial charge in [-0.2, -0.15) is 13.2 Å². The summed E-state index contributed by atoms with van der Waals surface area (Å²) in [7, 11) is 0. The summed E-state index contributed by atoms with van der Waals surface area (Å²) in [5.41, 5.74) is 5.47. The van der Waals surface area contributed by atoms with Gasteiger partial charge in [0.15, 0.2) is 0 Å². The minimum atomic E-state index is -4.51. The van der Waals surface area contributed by atoms with Crippen molar-refractivity contribution in [1.29, 1.82) is 0 Å². The predicted molar refractivity (Wildman–Crippen MR) is 75.7 cm³/mol. The zero-order chi connectivity index (χ0) is 15.6. The van der Waals surface area contributed by atoms with Crippen LogP contribution in [0.2, 0.25) is 0 Å². The molecule has 0 saturated heterocycles. The maximum atomic E-state index is 12.4. The molecule has 0 bridgehead atoms. The zero-order valence-corrected chi connectivity index (χ0v) is 12.0. The molecule has 2 aromatic rings. The minimum Gasteiger partial charge on any atom is -0.398 e. The fraction of sp³-hybridized carbons (Fsp3) is 0.0769. The summed E-state index contributed by atoms with van der Waals surface area (Å²) in [4.78, 5) is 15.2. The van der Waals surface area contributed by atoms with Crippen LogP contribution < -0.4 is 11.1 Å². The lowest BCUT2D eigenvalue weighted by Gasteiger charge is -2.08. The average molecular weight is 360 g/mol. The molecule has 0 fully saturated rings. The number of carbonyl (C=O) groups is 1. The van der Waals surface area contributed by atoms with Crippen LogP contribution in [0.15, 0.2) is 41.0 Å². The van der Waals surface area contributed by atoms with E-state index >= 15 is 0 Å². The first-order valence-corrected chi connectivity index (χ1v) is 6.46. The van der Waals surface area contributed by atoms with E-state index in [0.717, 1.165) is 18.3 Å². The van der Waals surface area contributed by atoms with Crippen LogP contribution in [0.5, 0.6) is 0 Å². The normalized spacial score (nSPS) is 11.2. The van der Waals surface area contributed by atoms with Crippen molar-refractivity contribution in [1.82, 2.24) is 4.98 Å². The lowest BCUT2D eigenvalue weighted by atomic mass is 10.2. The molecule has 8 heteroatoms. The summed E-state index contributed by atoms with van der Waals surface area (Å²) in [5.74, 6) is -0.490. The van der Waals surface area contributed by atoms with E-state index in [1.807, 2.05) is 0 Å². The molecular formula is C13H9BrF3N3O. The third kappa shape index (κ3) is 3.72. The summed E-state index contributed by atoms with van der Waals surface area (Å²) in [6.45, 7) is 0. The fourth-order valence-corrected chi connectivity index (χ4v) is 1.77. The molecule has 0 spiro atoms. The number of pyridine rings is 1. The Morgan fingerprint density at radius 1 is 1.24 bits per heavy atom. The molecule has 3 N–H and O–H groups in total. The van der Waals surface area contributed by atoms with Gasteiger partial charge in [-0.1, -0.05) is 0 Å². The molecule has 0 aliphatic carbocycles. The van der Waals surface area contributed by atoms with Crippen LogP contribution >= 0.6 is 15.9 Å². The van der Waals surface area contributed by atoms with Gasteiger partial charge in [0.1, 0.15) is 5.69 Å². The van der Waals surface area contributed by atoms with Crippen LogP contribution in [-0.4, -0.2) is 10.9 Å². The molecule has 2 rings (SSSR count). The second kappa shape index (κ2) is 5.72. The van der Waals surface area contributed by atoms with Gasteiger partial charge in [0.2, 0.25) is 0 Å². The lowest BCUT2D eigenvalue weighted by Crippen LogP contribution is -2.13. The van der Waals surface area contributed by atoms with Crippen molar-refractivity contribution in [3.63, 3.8) is 0 Å². The quantitative estimate of drug-likeness (QED) is 0.803. The highest BCUT2D eigenvalue weighted by Gasteiger charge is 2.32. The van der Waals surface area contributed by atoms with E-state index in [0.29, 0.717) is 10.2 Å². The van der Waals surface area contributed by atoms with Gasteiger partial charge in [0, 0.05) is 15.7 Å². The number of aromatic nitrogens is 1. The first-order valence-electron chi connectivity index (χ1n) is 5.67. The van der Waals surface area contributed by atoms with Crippen molar-refractivity contribution < 1.29 is 18.0 Å². The first-order chi connectivity index (χ1) is 9.77. The Morgan fingerprint density at radius 3 is 2.48 bits per heavy atom. The van der Waals surface area contributed by atoms with Gasteiger partial charge in [-0.15, -0.1) is 0 Å². The average Bonchev–Trinajstić information content (AvgIpc) is 2.41. The van der Waals surface area contributed by atoms with E-state index in [1.54, 1.807) is 6.07 Å². The molecule has 0 atom stereocenters. The van der Waals surface area contributed by atoms with Crippen molar-refractivity contribution >= 4 is 33.2 Å². The molecule has 110 valence electrons. The molecule has 0 saturated carbocycles. The number of rotatable bonds is 2. The lowest BCUT2D eigenvalue weighted by molar-refractivity contribution is -0.141. The predicted octanol–water partition coefficient (Wildman–Crippen LogP) is 3.70. The van der Waals surface area contributed by atoms with E-state index < -0.39 is 17.8 Å². The van der Waals surface area contributed by atoms with Crippen LogP contribution in [0.3, 0.4) is 0 Å². The highest BCUT2D eigenvalue weighted by Crippen LogP contribution is 2.28. The van der Waals surface area contributed by atoms with Gasteiger partial charge < -0.3 is 11.1 Å². The number of hydrogen-bond acceptors (Lipinski definition) is 3. The van der Waals surface area contributed by atoms with E-state index in [2.05, 4.69) is 26.2 Å². The number of nitrogens with one attached hydrogen (secondary N) is 1. The molecular weight excluding hydrogens is 351 g/mol. The SMILES string of the molecule is Nc1cc(C(=O)Nc2ccc(C(F)(F)F)nc2)ccc1Br. The summed E-state index contributed by atoms with van der Waals surface area (Å²) in [5, 5.41) is 2.44. The van der Waals surface area contributed by atoms with Crippen molar-refractivity contribution in [2.45, 2.75) is 6.18 Å². The molecule has 4 nitrogen and oxygen atoms in total. The van der Waals surface area contributed by atoms with Gasteiger partial charge in [-0.3, -0.25) is 4.79 Å². The maximum Gasteiger partial charge on any atom is 0.433 e. The topological polar surface area (TPSA) is 68.0 Å². The number of halogens is 4. The second-order valence-electron chi connectivity index (χ2n) is 4.12. The van der Waals surface area contributed by atoms with E-state index in [1.165, 1.54) is 12.1 Å². The van der Waals surface area contributed by atoms with Gasteiger partial charge in [0.05, 0.1) is 11.9 Å². The molecule has 1 aromatic carbocycles. The van der Waals surface area contributed by atoms with Gasteiger partial charge in [-0.05, 0) is 46.3 Å². The monoisotopic (exact) mass is 359 g/mol. The number of nitrogens with two attached hydrogens (primary N) is 1. The number of hydrogen-bond donors (Lipinski definition) is 2. The summed E-state index contributed by atoms with van der Waals surface area (Å²) in [6.07, 6.45) is -3.56. The first kappa shape index (κ1) is 15.3. The van der Waals surface area contributed by atoms with Crippen molar-refractivity contribution in [3.05, 3.63) is 52.3 Å². The molecule has 0 aliphatic rings. The number of alkyl halides is 3. The highest BCUT2D eigenvalue weighted by atomic mass is 79.9. The summed E-state index contributed by atoms with van der Waals surface area (Å²) in [6, 6.07) is 6.53. The van der Waals surface area contributed by atoms with Crippen LogP contribution in [0.25, 0.3) is 0 Å². The number of amides is 1. The number of anilines is 2. The summed E-state index contributed by atoms with van der Waals surface area (Å²) < 4.78 is 37.7. The second-order valence-corrected chi connectivity index (χ2v) is 4.97. The number of nitrogens with zero attached hydrogens (tertiary/aromatic N) is 1. The Hall–Kier alpha value is -2.09. The van der Waals surface area contributed by atoms with Crippen molar-refractivity contribution in [2.75, 3.05) is 11.1 Å². The molecule has 0 aliphatic heterocycles. The molecule has 0 unspecified atom stereocenters. The molecule has 1 heterocycles. The Labute approximate surface area is 126 Å². The largest absolute Gasteiger partial charge is 0.433 e. The molecule has 1 amide bonds. The van der Waals surface area contributed by atoms with Crippen LogP contribution in [0.1, 0.15) is 16.1 Å². The van der Waals surface area contributed by atoms with Crippen LogP contribution in [0.4, 0.5) is 24.5 Å². The maximum absolute atomic E-state index is 12.4. The van der Waals surface area contributed by atoms with E-state index in [4.69, 9.17) is 5.73 Å². The van der Waals surface area contributed by atoms with Gasteiger partial charge >= 0.3 is 6.18 Å². The fourth-order valence-electron chi connectivity index (χ4n) is 1.52. The number of nitrogen functional groups attached to an aromatic ring is 1.